The van der Waals surface area contributed by atoms with Gasteiger partial charge in [0.05, 0.1) is 18.0 Å². The maximum atomic E-state index is 11.9. The van der Waals surface area contributed by atoms with Gasteiger partial charge < -0.3 is 19.2 Å². The molecule has 1 aliphatic rings. The van der Waals surface area contributed by atoms with E-state index in [1.807, 2.05) is 54.8 Å². The van der Waals surface area contributed by atoms with Crippen molar-refractivity contribution in [2.75, 3.05) is 11.9 Å². The van der Waals surface area contributed by atoms with Gasteiger partial charge in [0.1, 0.15) is 5.75 Å². The van der Waals surface area contributed by atoms with Gasteiger partial charge in [-0.25, -0.2) is 4.98 Å². The zero-order chi connectivity index (χ0) is 17.6. The second-order valence-electron chi connectivity index (χ2n) is 6.01. The molecular formula is C19H19N3O3. The fourth-order valence-electron chi connectivity index (χ4n) is 3.06. The first-order chi connectivity index (χ1) is 12.1. The molecule has 3 aromatic rings. The van der Waals surface area contributed by atoms with Crippen LogP contribution in [0.1, 0.15) is 19.5 Å². The Kier molecular flexibility index (Phi) is 3.60. The Balaban J connectivity index is 1.83. The number of hydrogen-bond acceptors (Lipinski definition) is 4. The number of pyridine rings is 1. The molecule has 4 rings (SSSR count). The number of fused-ring (bicyclic) bond motifs is 2. The van der Waals surface area contributed by atoms with E-state index in [9.17, 15) is 4.79 Å². The number of benzene rings is 1. The summed E-state index contributed by atoms with van der Waals surface area (Å²) in [4.78, 5) is 16.6. The van der Waals surface area contributed by atoms with Crippen LogP contribution in [0.5, 0.6) is 11.5 Å². The molecule has 6 nitrogen and oxygen atoms in total. The zero-order valence-electron chi connectivity index (χ0n) is 14.4. The van der Waals surface area contributed by atoms with Gasteiger partial charge in [-0.3, -0.25) is 4.79 Å². The molecule has 128 valence electrons. The molecule has 0 fully saturated rings. The van der Waals surface area contributed by atoms with Crippen LogP contribution < -0.4 is 14.8 Å². The van der Waals surface area contributed by atoms with E-state index < -0.39 is 6.10 Å². The molecule has 0 bridgehead atoms. The van der Waals surface area contributed by atoms with E-state index in [1.54, 1.807) is 6.92 Å². The number of hydrogen-bond donors (Lipinski definition) is 1. The van der Waals surface area contributed by atoms with Crippen LogP contribution in [0, 0.1) is 6.92 Å². The number of nitrogens with zero attached hydrogens (tertiary/aromatic N) is 2. The molecule has 0 saturated heterocycles. The van der Waals surface area contributed by atoms with Crippen LogP contribution in [0.4, 0.5) is 5.69 Å². The Morgan fingerprint density at radius 1 is 1.36 bits per heavy atom. The van der Waals surface area contributed by atoms with E-state index >= 15 is 0 Å². The van der Waals surface area contributed by atoms with Crippen molar-refractivity contribution in [1.82, 2.24) is 9.38 Å². The fraction of sp³-hybridized carbons (Fsp3) is 0.263. The first kappa shape index (κ1) is 15.5. The number of nitrogens with one attached hydrogen (secondary N) is 1. The Hall–Kier alpha value is -3.02. The minimum Gasteiger partial charge on any atom is -0.490 e. The van der Waals surface area contributed by atoms with Crippen LogP contribution in [0.3, 0.4) is 0 Å². The third-order valence-electron chi connectivity index (χ3n) is 4.34. The van der Waals surface area contributed by atoms with Gasteiger partial charge in [0, 0.05) is 17.5 Å². The molecule has 1 aromatic carbocycles. The van der Waals surface area contributed by atoms with Crippen LogP contribution in [-0.2, 0) is 4.79 Å². The van der Waals surface area contributed by atoms with Crippen LogP contribution in [0.25, 0.3) is 16.9 Å². The summed E-state index contributed by atoms with van der Waals surface area (Å²) in [5.41, 5.74) is 4.22. The van der Waals surface area contributed by atoms with Crippen molar-refractivity contribution in [3.63, 3.8) is 0 Å². The summed E-state index contributed by atoms with van der Waals surface area (Å²) in [7, 11) is 0. The number of amides is 1. The molecule has 1 atom stereocenters. The summed E-state index contributed by atoms with van der Waals surface area (Å²) in [6.45, 7) is 6.28. The van der Waals surface area contributed by atoms with Crippen molar-refractivity contribution < 1.29 is 14.3 Å². The largest absolute Gasteiger partial charge is 0.490 e. The predicted octanol–water partition coefficient (Wildman–Crippen LogP) is 3.43. The average molecular weight is 337 g/mol. The highest BCUT2D eigenvalue weighted by Crippen LogP contribution is 2.35. The van der Waals surface area contributed by atoms with Gasteiger partial charge in [0.2, 0.25) is 0 Å². The van der Waals surface area contributed by atoms with Crippen molar-refractivity contribution in [3.8, 4) is 22.8 Å². The molecule has 2 aromatic heterocycles. The molecule has 3 heterocycles. The summed E-state index contributed by atoms with van der Waals surface area (Å²) in [6.07, 6.45) is 1.48. The van der Waals surface area contributed by atoms with E-state index in [1.165, 1.54) is 0 Å². The highest BCUT2D eigenvalue weighted by atomic mass is 16.5. The first-order valence-corrected chi connectivity index (χ1v) is 8.31. The molecular weight excluding hydrogens is 318 g/mol. The van der Waals surface area contributed by atoms with Gasteiger partial charge in [-0.2, -0.15) is 0 Å². The second kappa shape index (κ2) is 5.81. The number of aromatic nitrogens is 2. The van der Waals surface area contributed by atoms with Crippen molar-refractivity contribution >= 4 is 17.2 Å². The van der Waals surface area contributed by atoms with Crippen LogP contribution in [-0.4, -0.2) is 28.0 Å². The smallest absolute Gasteiger partial charge is 0.265 e. The van der Waals surface area contributed by atoms with E-state index in [2.05, 4.69) is 5.32 Å². The van der Waals surface area contributed by atoms with Crippen LogP contribution in [0.2, 0.25) is 0 Å². The summed E-state index contributed by atoms with van der Waals surface area (Å²) in [5.74, 6) is 1.28. The Labute approximate surface area is 145 Å². The monoisotopic (exact) mass is 337 g/mol. The molecule has 0 spiro atoms. The van der Waals surface area contributed by atoms with E-state index in [0.717, 1.165) is 28.3 Å². The highest BCUT2D eigenvalue weighted by Gasteiger charge is 2.24. The summed E-state index contributed by atoms with van der Waals surface area (Å²) in [5, 5.41) is 2.88. The summed E-state index contributed by atoms with van der Waals surface area (Å²) >= 11 is 0. The Morgan fingerprint density at radius 2 is 2.20 bits per heavy atom. The van der Waals surface area contributed by atoms with Crippen molar-refractivity contribution in [2.45, 2.75) is 26.9 Å². The normalized spacial score (nSPS) is 16.3. The maximum absolute atomic E-state index is 11.9. The zero-order valence-corrected chi connectivity index (χ0v) is 14.4. The van der Waals surface area contributed by atoms with Gasteiger partial charge in [-0.15, -0.1) is 0 Å². The quantitative estimate of drug-likeness (QED) is 0.795. The van der Waals surface area contributed by atoms with E-state index in [-0.39, 0.29) is 5.91 Å². The third-order valence-corrected chi connectivity index (χ3v) is 4.34. The molecule has 25 heavy (non-hydrogen) atoms. The van der Waals surface area contributed by atoms with Crippen LogP contribution >= 0.6 is 0 Å². The second-order valence-corrected chi connectivity index (χ2v) is 6.01. The Bertz CT molecular complexity index is 977. The molecule has 0 radical (unpaired) electrons. The minimum absolute atomic E-state index is 0.144. The van der Waals surface area contributed by atoms with Crippen molar-refractivity contribution in [2.24, 2.45) is 0 Å². The average Bonchev–Trinajstić information content (AvgIpc) is 2.94. The summed E-state index contributed by atoms with van der Waals surface area (Å²) in [6, 6.07) is 9.58. The predicted molar refractivity (Wildman–Crippen MR) is 95.3 cm³/mol. The number of aryl methyl sites for hydroxylation is 1. The molecule has 6 heteroatoms. The molecule has 1 unspecified atom stereocenters. The number of imidazole rings is 1. The van der Waals surface area contributed by atoms with Gasteiger partial charge in [-0.1, -0.05) is 0 Å². The molecule has 1 aliphatic heterocycles. The van der Waals surface area contributed by atoms with Gasteiger partial charge in [0.25, 0.3) is 5.91 Å². The molecule has 1 N–H and O–H groups in total. The van der Waals surface area contributed by atoms with E-state index in [4.69, 9.17) is 14.5 Å². The Morgan fingerprint density at radius 3 is 3.00 bits per heavy atom. The SMILES string of the molecule is CCOc1cccn2c(C)c(-c3ccc4c(c3)NC(=O)C(C)O4)nc12. The molecule has 0 saturated carbocycles. The highest BCUT2D eigenvalue weighted by molar-refractivity contribution is 5.98. The molecule has 0 aliphatic carbocycles. The topological polar surface area (TPSA) is 64.9 Å². The van der Waals surface area contributed by atoms with Gasteiger partial charge in [-0.05, 0) is 51.1 Å². The van der Waals surface area contributed by atoms with Gasteiger partial charge in [0.15, 0.2) is 17.5 Å². The standard InChI is InChI=1S/C19H19N3O3/c1-4-24-16-6-5-9-22-11(2)17(21-18(16)22)13-7-8-15-14(10-13)20-19(23)12(3)25-15/h5-10,12H,4H2,1-3H3,(H,20,23). The number of rotatable bonds is 3. The maximum Gasteiger partial charge on any atom is 0.265 e. The van der Waals surface area contributed by atoms with E-state index in [0.29, 0.717) is 18.0 Å². The fourth-order valence-corrected chi connectivity index (χ4v) is 3.06. The number of carbonyl (C=O) groups is 1. The van der Waals surface area contributed by atoms with Crippen LogP contribution in [0.15, 0.2) is 36.5 Å². The van der Waals surface area contributed by atoms with Gasteiger partial charge >= 0.3 is 0 Å². The minimum atomic E-state index is -0.482. The number of carbonyl (C=O) groups excluding carboxylic acids is 1. The van der Waals surface area contributed by atoms with Crippen molar-refractivity contribution in [1.29, 1.82) is 0 Å². The lowest BCUT2D eigenvalue weighted by molar-refractivity contribution is -0.122. The molecule has 1 amide bonds. The lowest BCUT2D eigenvalue weighted by atomic mass is 10.1. The summed E-state index contributed by atoms with van der Waals surface area (Å²) < 4.78 is 13.3. The van der Waals surface area contributed by atoms with Crippen molar-refractivity contribution in [3.05, 3.63) is 42.2 Å². The lowest BCUT2D eigenvalue weighted by Gasteiger charge is -2.23. The number of ether oxygens (including phenoxy) is 2. The number of anilines is 1. The third kappa shape index (κ3) is 2.50. The lowest BCUT2D eigenvalue weighted by Crippen LogP contribution is -2.34. The first-order valence-electron chi connectivity index (χ1n) is 8.31.